The number of para-hydroxylation sites is 3. The second-order valence-corrected chi connectivity index (χ2v) is 12.3. The lowest BCUT2D eigenvalue weighted by atomic mass is 9.94. The molecule has 7 aromatic carbocycles. The molecule has 0 bridgehead atoms. The molecule has 5 nitrogen and oxygen atoms in total. The van der Waals surface area contributed by atoms with Crippen LogP contribution in [0.25, 0.3) is 77.2 Å². The molecule has 230 valence electrons. The molecule has 0 aliphatic carbocycles. The molecule has 0 fully saturated rings. The average molecular weight is 636 g/mol. The van der Waals surface area contributed by atoms with Gasteiger partial charge in [0.15, 0.2) is 0 Å². The van der Waals surface area contributed by atoms with Crippen molar-refractivity contribution >= 4 is 43.6 Å². The van der Waals surface area contributed by atoms with E-state index in [2.05, 4.69) is 88.0 Å². The van der Waals surface area contributed by atoms with Crippen LogP contribution in [0.15, 0.2) is 152 Å². The van der Waals surface area contributed by atoms with E-state index in [4.69, 9.17) is 0 Å². The van der Waals surface area contributed by atoms with Crippen LogP contribution in [0.2, 0.25) is 0 Å². The fourth-order valence-electron chi connectivity index (χ4n) is 7.45. The molecule has 0 atom stereocenters. The minimum atomic E-state index is 0.552. The van der Waals surface area contributed by atoms with E-state index in [9.17, 15) is 15.8 Å². The Morgan fingerprint density at radius 3 is 1.66 bits per heavy atom. The molecule has 0 aliphatic rings. The van der Waals surface area contributed by atoms with Gasteiger partial charge in [-0.1, -0.05) is 78.9 Å². The number of rotatable bonds is 4. The van der Waals surface area contributed by atoms with E-state index < -0.39 is 0 Å². The minimum absolute atomic E-state index is 0.552. The normalized spacial score (nSPS) is 11.1. The molecule has 0 N–H and O–H groups in total. The number of aromatic nitrogens is 2. The first-order chi connectivity index (χ1) is 24.7. The van der Waals surface area contributed by atoms with Gasteiger partial charge in [-0.15, -0.1) is 0 Å². The molecule has 2 aromatic heterocycles. The van der Waals surface area contributed by atoms with Gasteiger partial charge in [0.2, 0.25) is 0 Å². The van der Waals surface area contributed by atoms with Crippen LogP contribution in [-0.2, 0) is 0 Å². The molecule has 50 heavy (non-hydrogen) atoms. The number of fused-ring (bicyclic) bond motifs is 6. The summed E-state index contributed by atoms with van der Waals surface area (Å²) in [6.45, 7) is 0. The fourth-order valence-corrected chi connectivity index (χ4v) is 7.45. The standard InChI is InChI=1S/C45H25N5/c46-26-29-19-20-43-39(23-29)38-14-3-6-17-42(38)50(43)44-18-8-11-33(28-48)45(44)32-10-7-9-31(24-32)34-21-30(27-47)22-35(25-34)49-40-15-4-1-12-36(40)37-13-2-5-16-41(37)49/h1-25H. The Balaban J connectivity index is 1.26. The summed E-state index contributed by atoms with van der Waals surface area (Å²) in [5, 5.41) is 34.6. The van der Waals surface area contributed by atoms with Crippen molar-refractivity contribution in [2.75, 3.05) is 0 Å². The van der Waals surface area contributed by atoms with E-state index in [0.29, 0.717) is 16.7 Å². The van der Waals surface area contributed by atoms with E-state index in [1.165, 1.54) is 0 Å². The summed E-state index contributed by atoms with van der Waals surface area (Å²) in [4.78, 5) is 0. The van der Waals surface area contributed by atoms with Gasteiger partial charge < -0.3 is 9.13 Å². The molecule has 0 unspecified atom stereocenters. The quantitative estimate of drug-likeness (QED) is 0.193. The van der Waals surface area contributed by atoms with Crippen molar-refractivity contribution in [3.05, 3.63) is 168 Å². The van der Waals surface area contributed by atoms with Gasteiger partial charge in [0.1, 0.15) is 0 Å². The molecular weight excluding hydrogens is 611 g/mol. The van der Waals surface area contributed by atoms with Crippen LogP contribution in [0.3, 0.4) is 0 Å². The molecule has 0 saturated carbocycles. The largest absolute Gasteiger partial charge is 0.309 e. The molecule has 0 amide bonds. The molecule has 9 aromatic rings. The first-order valence-corrected chi connectivity index (χ1v) is 16.3. The highest BCUT2D eigenvalue weighted by molar-refractivity contribution is 6.11. The zero-order chi connectivity index (χ0) is 33.8. The number of nitrogens with zero attached hydrogens (tertiary/aromatic N) is 5. The number of nitriles is 3. The Morgan fingerprint density at radius 2 is 0.980 bits per heavy atom. The molecule has 0 aliphatic heterocycles. The highest BCUT2D eigenvalue weighted by Gasteiger charge is 2.19. The summed E-state index contributed by atoms with van der Waals surface area (Å²) in [6, 6.07) is 57.7. The number of hydrogen-bond acceptors (Lipinski definition) is 3. The zero-order valence-corrected chi connectivity index (χ0v) is 26.7. The van der Waals surface area contributed by atoms with Crippen molar-refractivity contribution in [3.8, 4) is 51.8 Å². The lowest BCUT2D eigenvalue weighted by molar-refractivity contribution is 1.18. The highest BCUT2D eigenvalue weighted by atomic mass is 15.0. The third-order valence-corrected chi connectivity index (χ3v) is 9.58. The highest BCUT2D eigenvalue weighted by Crippen LogP contribution is 2.40. The average Bonchev–Trinajstić information content (AvgIpc) is 3.70. The fraction of sp³-hybridized carbons (Fsp3) is 0. The van der Waals surface area contributed by atoms with Gasteiger partial charge in [-0.25, -0.2) is 0 Å². The summed E-state index contributed by atoms with van der Waals surface area (Å²) in [7, 11) is 0. The van der Waals surface area contributed by atoms with Crippen molar-refractivity contribution in [1.29, 1.82) is 15.8 Å². The van der Waals surface area contributed by atoms with Gasteiger partial charge in [-0.05, 0) is 89.5 Å². The summed E-state index contributed by atoms with van der Waals surface area (Å²) >= 11 is 0. The molecule has 9 rings (SSSR count). The van der Waals surface area contributed by atoms with E-state index >= 15 is 0 Å². The van der Waals surface area contributed by atoms with Crippen LogP contribution >= 0.6 is 0 Å². The third kappa shape index (κ3) is 4.38. The SMILES string of the molecule is N#Cc1cc(-c2cccc(-c3c(C#N)cccc3-n3c4ccccc4c4cc(C#N)ccc43)c2)cc(-n2c3ccccc3c3ccccc32)c1. The lowest BCUT2D eigenvalue weighted by Crippen LogP contribution is -2.00. The Labute approximate surface area is 287 Å². The Morgan fingerprint density at radius 1 is 0.380 bits per heavy atom. The molecular formula is C45H25N5. The Hall–Kier alpha value is -7.39. The monoisotopic (exact) mass is 635 g/mol. The van der Waals surface area contributed by atoms with E-state index in [0.717, 1.165) is 77.2 Å². The molecule has 0 radical (unpaired) electrons. The van der Waals surface area contributed by atoms with Gasteiger partial charge in [0.05, 0.1) is 62.7 Å². The second-order valence-electron chi connectivity index (χ2n) is 12.3. The molecule has 0 saturated heterocycles. The zero-order valence-electron chi connectivity index (χ0n) is 26.7. The topological polar surface area (TPSA) is 81.2 Å². The van der Waals surface area contributed by atoms with Crippen LogP contribution < -0.4 is 0 Å². The van der Waals surface area contributed by atoms with E-state index in [1.807, 2.05) is 91.0 Å². The van der Waals surface area contributed by atoms with Crippen molar-refractivity contribution in [1.82, 2.24) is 9.13 Å². The number of hydrogen-bond donors (Lipinski definition) is 0. The van der Waals surface area contributed by atoms with Crippen LogP contribution in [0.5, 0.6) is 0 Å². The maximum absolute atomic E-state index is 10.4. The summed E-state index contributed by atoms with van der Waals surface area (Å²) in [5.41, 5.74) is 11.1. The van der Waals surface area contributed by atoms with Gasteiger partial charge in [0.25, 0.3) is 0 Å². The van der Waals surface area contributed by atoms with Crippen molar-refractivity contribution in [2.24, 2.45) is 0 Å². The van der Waals surface area contributed by atoms with Crippen molar-refractivity contribution in [3.63, 3.8) is 0 Å². The molecule has 5 heteroatoms. The van der Waals surface area contributed by atoms with Gasteiger partial charge in [-0.3, -0.25) is 0 Å². The lowest BCUT2D eigenvalue weighted by Gasteiger charge is -2.17. The maximum atomic E-state index is 10.4. The smallest absolute Gasteiger partial charge is 0.0998 e. The predicted octanol–water partition coefficient (Wildman–Crippen LogP) is 10.8. The summed E-state index contributed by atoms with van der Waals surface area (Å²) in [5.74, 6) is 0. The van der Waals surface area contributed by atoms with Gasteiger partial charge in [-0.2, -0.15) is 15.8 Å². The van der Waals surface area contributed by atoms with Gasteiger partial charge in [0, 0.05) is 32.8 Å². The Kier molecular flexibility index (Phi) is 6.56. The first kappa shape index (κ1) is 28.8. The number of benzene rings is 7. The predicted molar refractivity (Wildman–Crippen MR) is 200 cm³/mol. The van der Waals surface area contributed by atoms with Crippen molar-refractivity contribution in [2.45, 2.75) is 0 Å². The van der Waals surface area contributed by atoms with E-state index in [-0.39, 0.29) is 0 Å². The minimum Gasteiger partial charge on any atom is -0.309 e. The van der Waals surface area contributed by atoms with E-state index in [1.54, 1.807) is 0 Å². The summed E-state index contributed by atoms with van der Waals surface area (Å²) in [6.07, 6.45) is 0. The molecule has 2 heterocycles. The van der Waals surface area contributed by atoms with Crippen LogP contribution in [0.1, 0.15) is 16.7 Å². The van der Waals surface area contributed by atoms with Crippen LogP contribution in [-0.4, -0.2) is 9.13 Å². The van der Waals surface area contributed by atoms with Crippen molar-refractivity contribution < 1.29 is 0 Å². The third-order valence-electron chi connectivity index (χ3n) is 9.58. The Bertz CT molecular complexity index is 2920. The van der Waals surface area contributed by atoms with Gasteiger partial charge >= 0.3 is 0 Å². The van der Waals surface area contributed by atoms with Crippen LogP contribution in [0, 0.1) is 34.0 Å². The molecule has 0 spiro atoms. The second kappa shape index (κ2) is 11.4. The summed E-state index contributed by atoms with van der Waals surface area (Å²) < 4.78 is 4.41. The van der Waals surface area contributed by atoms with Crippen LogP contribution in [0.4, 0.5) is 0 Å². The first-order valence-electron chi connectivity index (χ1n) is 16.3. The maximum Gasteiger partial charge on any atom is 0.0998 e.